The average Bonchev–Trinajstić information content (AvgIpc) is 3.48. The molecule has 0 aliphatic carbocycles. The predicted molar refractivity (Wildman–Crippen MR) is 151 cm³/mol. The van der Waals surface area contributed by atoms with Crippen molar-refractivity contribution in [3.63, 3.8) is 0 Å². The van der Waals surface area contributed by atoms with Crippen LogP contribution in [0.1, 0.15) is 22.9 Å². The van der Waals surface area contributed by atoms with Gasteiger partial charge in [-0.05, 0) is 70.4 Å². The van der Waals surface area contributed by atoms with E-state index in [0.717, 1.165) is 11.1 Å². The van der Waals surface area contributed by atoms with Crippen LogP contribution in [0.25, 0.3) is 22.9 Å². The molecule has 194 valence electrons. The molecule has 11 heteroatoms. The van der Waals surface area contributed by atoms with Crippen LogP contribution in [0.2, 0.25) is 10.2 Å². The number of nitrogen functional groups attached to an aromatic ring is 1. The number of hydrogen-bond donors (Lipinski definition) is 2. The first-order chi connectivity index (χ1) is 19.0. The Labute approximate surface area is 234 Å². The second-order valence-electron chi connectivity index (χ2n) is 8.64. The standard InChI is InChI=1S/C28H22Cl2N8O/c29-21-9-12-26(38-17-32-36-37-38)20(15-21)8-13-27(39)33-24(14-18-4-2-1-3-5-18)25-16-23(28(30)35-34-25)19-6-10-22(31)11-7-19/h1-13,15-17,24H,14,31H2,(H,33,39). The molecule has 5 aromatic rings. The second kappa shape index (κ2) is 11.8. The molecule has 0 bridgehead atoms. The smallest absolute Gasteiger partial charge is 0.244 e. The first-order valence-corrected chi connectivity index (χ1v) is 12.7. The number of hydrogen-bond acceptors (Lipinski definition) is 7. The van der Waals surface area contributed by atoms with Gasteiger partial charge in [0.15, 0.2) is 5.15 Å². The number of nitrogens with two attached hydrogens (primary N) is 1. The molecule has 3 aromatic carbocycles. The summed E-state index contributed by atoms with van der Waals surface area (Å²) < 4.78 is 1.49. The highest BCUT2D eigenvalue weighted by Crippen LogP contribution is 2.29. The molecule has 5 rings (SSSR count). The summed E-state index contributed by atoms with van der Waals surface area (Å²) in [5.74, 6) is -0.329. The van der Waals surface area contributed by atoms with Gasteiger partial charge in [0, 0.05) is 27.9 Å². The molecule has 1 unspecified atom stereocenters. The third-order valence-corrected chi connectivity index (χ3v) is 6.46. The fraction of sp³-hybridized carbons (Fsp3) is 0.0714. The number of carbonyl (C=O) groups is 1. The van der Waals surface area contributed by atoms with Crippen LogP contribution in [0.15, 0.2) is 91.3 Å². The van der Waals surface area contributed by atoms with E-state index in [2.05, 4.69) is 31.0 Å². The minimum absolute atomic E-state index is 0.254. The van der Waals surface area contributed by atoms with Crippen molar-refractivity contribution in [2.75, 3.05) is 5.73 Å². The van der Waals surface area contributed by atoms with Gasteiger partial charge in [0.2, 0.25) is 5.91 Å². The van der Waals surface area contributed by atoms with Crippen molar-refractivity contribution in [1.29, 1.82) is 0 Å². The summed E-state index contributed by atoms with van der Waals surface area (Å²) in [6, 6.07) is 23.7. The molecular formula is C28H22Cl2N8O. The molecular weight excluding hydrogens is 535 g/mol. The van der Waals surface area contributed by atoms with Gasteiger partial charge in [-0.1, -0.05) is 65.7 Å². The van der Waals surface area contributed by atoms with Gasteiger partial charge in [-0.15, -0.1) is 10.2 Å². The number of carbonyl (C=O) groups excluding carboxylic acids is 1. The SMILES string of the molecule is Nc1ccc(-c2cc(C(Cc3ccccc3)NC(=O)C=Cc3cc(Cl)ccc3-n3cnnn3)nnc2Cl)cc1. The lowest BCUT2D eigenvalue weighted by molar-refractivity contribution is -0.117. The molecule has 3 N–H and O–H groups in total. The third kappa shape index (κ3) is 6.46. The Morgan fingerprint density at radius 3 is 2.54 bits per heavy atom. The van der Waals surface area contributed by atoms with Crippen LogP contribution in [0.5, 0.6) is 0 Å². The van der Waals surface area contributed by atoms with E-state index in [4.69, 9.17) is 28.9 Å². The van der Waals surface area contributed by atoms with Crippen molar-refractivity contribution in [2.24, 2.45) is 0 Å². The molecule has 2 heterocycles. The highest BCUT2D eigenvalue weighted by Gasteiger charge is 2.19. The second-order valence-corrected chi connectivity index (χ2v) is 9.43. The Morgan fingerprint density at radius 2 is 1.79 bits per heavy atom. The first kappa shape index (κ1) is 26.0. The van der Waals surface area contributed by atoms with E-state index in [-0.39, 0.29) is 11.1 Å². The van der Waals surface area contributed by atoms with E-state index in [9.17, 15) is 4.79 Å². The quantitative estimate of drug-likeness (QED) is 0.200. The van der Waals surface area contributed by atoms with Gasteiger partial charge in [0.05, 0.1) is 17.4 Å². The number of halogens is 2. The highest BCUT2D eigenvalue weighted by atomic mass is 35.5. The summed E-state index contributed by atoms with van der Waals surface area (Å²) in [7, 11) is 0. The Morgan fingerprint density at radius 1 is 1.00 bits per heavy atom. The van der Waals surface area contributed by atoms with E-state index in [1.54, 1.807) is 36.4 Å². The third-order valence-electron chi connectivity index (χ3n) is 5.95. The largest absolute Gasteiger partial charge is 0.399 e. The van der Waals surface area contributed by atoms with Crippen molar-refractivity contribution in [2.45, 2.75) is 12.5 Å². The van der Waals surface area contributed by atoms with Gasteiger partial charge >= 0.3 is 0 Å². The molecule has 39 heavy (non-hydrogen) atoms. The van der Waals surface area contributed by atoms with Crippen molar-refractivity contribution >= 4 is 40.9 Å². The molecule has 1 atom stereocenters. The van der Waals surface area contributed by atoms with Gasteiger partial charge in [0.1, 0.15) is 6.33 Å². The number of benzene rings is 3. The topological polar surface area (TPSA) is 124 Å². The maximum atomic E-state index is 13.2. The zero-order valence-corrected chi connectivity index (χ0v) is 22.0. The van der Waals surface area contributed by atoms with E-state index in [0.29, 0.717) is 39.6 Å². The van der Waals surface area contributed by atoms with Gasteiger partial charge in [0.25, 0.3) is 0 Å². The van der Waals surface area contributed by atoms with Crippen LogP contribution in [-0.2, 0) is 11.2 Å². The van der Waals surface area contributed by atoms with Gasteiger partial charge < -0.3 is 11.1 Å². The molecule has 0 aliphatic rings. The van der Waals surface area contributed by atoms with Crippen LogP contribution in [-0.4, -0.2) is 36.3 Å². The van der Waals surface area contributed by atoms with Crippen LogP contribution in [0.3, 0.4) is 0 Å². The van der Waals surface area contributed by atoms with Crippen LogP contribution < -0.4 is 11.1 Å². The molecule has 0 spiro atoms. The maximum absolute atomic E-state index is 13.2. The number of aromatic nitrogens is 6. The zero-order valence-electron chi connectivity index (χ0n) is 20.4. The van der Waals surface area contributed by atoms with Crippen LogP contribution >= 0.6 is 23.2 Å². The highest BCUT2D eigenvalue weighted by molar-refractivity contribution is 6.32. The lowest BCUT2D eigenvalue weighted by Crippen LogP contribution is -2.29. The monoisotopic (exact) mass is 556 g/mol. The number of nitrogens with zero attached hydrogens (tertiary/aromatic N) is 6. The fourth-order valence-electron chi connectivity index (χ4n) is 4.03. The van der Waals surface area contributed by atoms with Gasteiger partial charge in [-0.2, -0.15) is 9.78 Å². The van der Waals surface area contributed by atoms with Crippen molar-refractivity contribution in [1.82, 2.24) is 35.7 Å². The maximum Gasteiger partial charge on any atom is 0.244 e. The van der Waals surface area contributed by atoms with Crippen molar-refractivity contribution in [3.8, 4) is 16.8 Å². The lowest BCUT2D eigenvalue weighted by atomic mass is 10.00. The Hall–Kier alpha value is -4.60. The summed E-state index contributed by atoms with van der Waals surface area (Å²) in [5.41, 5.74) is 10.9. The molecule has 9 nitrogen and oxygen atoms in total. The van der Waals surface area contributed by atoms with E-state index < -0.39 is 6.04 Å². The summed E-state index contributed by atoms with van der Waals surface area (Å²) >= 11 is 12.6. The molecule has 0 fully saturated rings. The zero-order chi connectivity index (χ0) is 27.2. The molecule has 0 saturated heterocycles. The summed E-state index contributed by atoms with van der Waals surface area (Å²) in [6.45, 7) is 0. The van der Waals surface area contributed by atoms with Crippen molar-refractivity contribution in [3.05, 3.63) is 118 Å². The fourth-order valence-corrected chi connectivity index (χ4v) is 4.41. The number of tetrazole rings is 1. The average molecular weight is 557 g/mol. The molecule has 0 radical (unpaired) electrons. The van der Waals surface area contributed by atoms with E-state index >= 15 is 0 Å². The summed E-state index contributed by atoms with van der Waals surface area (Å²) in [5, 5.41) is 23.6. The minimum Gasteiger partial charge on any atom is -0.399 e. The van der Waals surface area contributed by atoms with E-state index in [1.165, 1.54) is 17.1 Å². The first-order valence-electron chi connectivity index (χ1n) is 11.9. The number of nitrogens with one attached hydrogen (secondary N) is 1. The normalized spacial score (nSPS) is 11.9. The number of rotatable bonds is 8. The minimum atomic E-state index is -0.486. The predicted octanol–water partition coefficient (Wildman–Crippen LogP) is 5.12. The summed E-state index contributed by atoms with van der Waals surface area (Å²) in [4.78, 5) is 13.2. The van der Waals surface area contributed by atoms with Crippen molar-refractivity contribution < 1.29 is 4.79 Å². The number of anilines is 1. The number of amides is 1. The van der Waals surface area contributed by atoms with E-state index in [1.807, 2.05) is 48.5 Å². The van der Waals surface area contributed by atoms with Gasteiger partial charge in [-0.3, -0.25) is 4.79 Å². The Bertz CT molecular complexity index is 1610. The van der Waals surface area contributed by atoms with Crippen LogP contribution in [0, 0.1) is 0 Å². The lowest BCUT2D eigenvalue weighted by Gasteiger charge is -2.18. The molecule has 2 aromatic heterocycles. The Balaban J connectivity index is 1.44. The summed E-state index contributed by atoms with van der Waals surface area (Å²) in [6.07, 6.45) is 5.05. The van der Waals surface area contributed by atoms with Gasteiger partial charge in [-0.25, -0.2) is 0 Å². The van der Waals surface area contributed by atoms with Crippen LogP contribution in [0.4, 0.5) is 5.69 Å². The molecule has 1 amide bonds. The Kier molecular flexibility index (Phi) is 7.91. The molecule has 0 aliphatic heterocycles. The molecule has 0 saturated carbocycles.